The fourth-order valence-electron chi connectivity index (χ4n) is 2.81. The van der Waals surface area contributed by atoms with E-state index in [1.165, 1.54) is 4.57 Å². The van der Waals surface area contributed by atoms with Crippen LogP contribution in [0.25, 0.3) is 11.2 Å². The summed E-state index contributed by atoms with van der Waals surface area (Å²) < 4.78 is 6.92. The van der Waals surface area contributed by atoms with Crippen LogP contribution in [-0.2, 0) is 11.8 Å². The number of nitrogens with zero attached hydrogens (tertiary/aromatic N) is 4. The number of piperazine rings is 1. The molecule has 1 aliphatic heterocycles. The van der Waals surface area contributed by atoms with Gasteiger partial charge in [0.25, 0.3) is 11.5 Å². The molecule has 24 heavy (non-hydrogen) atoms. The molecule has 3 heterocycles. The van der Waals surface area contributed by atoms with Gasteiger partial charge in [0.15, 0.2) is 16.8 Å². The summed E-state index contributed by atoms with van der Waals surface area (Å²) in [7, 11) is 1.55. The Hall–Kier alpha value is -2.62. The fourth-order valence-corrected chi connectivity index (χ4v) is 2.81. The second-order valence-corrected chi connectivity index (χ2v) is 6.22. The summed E-state index contributed by atoms with van der Waals surface area (Å²) in [5.41, 5.74) is 4.63. The largest absolute Gasteiger partial charge is 0.448 e. The highest BCUT2D eigenvalue weighted by molar-refractivity contribution is 5.86. The van der Waals surface area contributed by atoms with Crippen molar-refractivity contribution in [1.82, 2.24) is 24.8 Å². The van der Waals surface area contributed by atoms with Crippen molar-refractivity contribution in [2.45, 2.75) is 18.4 Å². The number of hydrogen-bond donors (Lipinski definition) is 3. The summed E-state index contributed by atoms with van der Waals surface area (Å²) in [5, 5.41) is 3.26. The van der Waals surface area contributed by atoms with Crippen molar-refractivity contribution in [3.8, 4) is 6.01 Å². The minimum Gasteiger partial charge on any atom is -0.448 e. The number of ether oxygens (including phenoxy) is 1. The molecule has 4 N–H and O–H groups in total. The molecular weight excluding hydrogens is 314 g/mol. The molecule has 2 aromatic heterocycles. The van der Waals surface area contributed by atoms with E-state index in [4.69, 9.17) is 10.5 Å². The Morgan fingerprint density at radius 3 is 2.62 bits per heavy atom. The van der Waals surface area contributed by atoms with E-state index < -0.39 is 11.5 Å². The van der Waals surface area contributed by atoms with Gasteiger partial charge >= 0.3 is 6.01 Å². The molecule has 0 atom stereocenters. The van der Waals surface area contributed by atoms with Gasteiger partial charge < -0.3 is 25.7 Å². The van der Waals surface area contributed by atoms with Crippen molar-refractivity contribution in [1.29, 1.82) is 0 Å². The number of rotatable bonds is 4. The van der Waals surface area contributed by atoms with Crippen LogP contribution in [0.1, 0.15) is 12.8 Å². The number of carbonyl (C=O) groups is 1. The van der Waals surface area contributed by atoms with E-state index in [0.717, 1.165) is 26.2 Å². The summed E-state index contributed by atoms with van der Waals surface area (Å²) in [6, 6.07) is 0.0576. The van der Waals surface area contributed by atoms with Crippen LogP contribution in [0.15, 0.2) is 4.79 Å². The van der Waals surface area contributed by atoms with Crippen LogP contribution in [0.2, 0.25) is 0 Å². The first-order valence-electron chi connectivity index (χ1n) is 7.91. The van der Waals surface area contributed by atoms with Gasteiger partial charge in [-0.25, -0.2) is 0 Å². The molecule has 0 unspecified atom stereocenters. The van der Waals surface area contributed by atoms with Crippen molar-refractivity contribution in [2.75, 3.05) is 31.1 Å². The van der Waals surface area contributed by atoms with Gasteiger partial charge in [0, 0.05) is 46.1 Å². The number of fused-ring (bicyclic) bond motifs is 1. The fraction of sp³-hybridized carbons (Fsp3) is 0.571. The maximum absolute atomic E-state index is 12.5. The molecule has 10 heteroatoms. The zero-order chi connectivity index (χ0) is 16.9. The number of anilines is 1. The van der Waals surface area contributed by atoms with Gasteiger partial charge in [0.2, 0.25) is 5.95 Å². The molecule has 1 saturated heterocycles. The standard InChI is InChI=1S/C14H19N7O3/c1-20-10(22)8-9(18-12(17-8)21-6-4-16-5-7-21)19-13(20)24-14(2-3-14)11(15)23/h16H,2-7H2,1H3,(H2,15,23)(H,17,18). The van der Waals surface area contributed by atoms with Gasteiger partial charge in [0.05, 0.1) is 0 Å². The third kappa shape index (κ3) is 2.30. The zero-order valence-electron chi connectivity index (χ0n) is 13.3. The number of H-pyrrole nitrogens is 1. The van der Waals surface area contributed by atoms with Gasteiger partial charge in [-0.3, -0.25) is 14.2 Å². The number of aromatic nitrogens is 4. The SMILES string of the molecule is Cn1c(OC2(C(N)=O)CC2)nc2nc(N3CCNCC3)[nH]c2c1=O. The lowest BCUT2D eigenvalue weighted by Crippen LogP contribution is -2.44. The average molecular weight is 333 g/mol. The number of nitrogens with one attached hydrogen (secondary N) is 2. The number of amides is 1. The van der Waals surface area contributed by atoms with Crippen LogP contribution in [0.5, 0.6) is 6.01 Å². The smallest absolute Gasteiger partial charge is 0.302 e. The first-order valence-corrected chi connectivity index (χ1v) is 7.91. The molecule has 0 radical (unpaired) electrons. The van der Waals surface area contributed by atoms with Gasteiger partial charge in [0.1, 0.15) is 0 Å². The summed E-state index contributed by atoms with van der Waals surface area (Å²) >= 11 is 0. The van der Waals surface area contributed by atoms with Crippen LogP contribution >= 0.6 is 0 Å². The molecular formula is C14H19N7O3. The predicted molar refractivity (Wildman–Crippen MR) is 86.0 cm³/mol. The quantitative estimate of drug-likeness (QED) is 0.618. The zero-order valence-corrected chi connectivity index (χ0v) is 13.3. The summed E-state index contributed by atoms with van der Waals surface area (Å²) in [4.78, 5) is 37.9. The normalized spacial score (nSPS) is 19.5. The monoisotopic (exact) mass is 333 g/mol. The van der Waals surface area contributed by atoms with Crippen LogP contribution < -0.4 is 26.2 Å². The Labute approximate surface area is 137 Å². The van der Waals surface area contributed by atoms with E-state index in [9.17, 15) is 9.59 Å². The second-order valence-electron chi connectivity index (χ2n) is 6.22. The highest BCUT2D eigenvalue weighted by Gasteiger charge is 2.52. The molecule has 2 aromatic rings. The number of aromatic amines is 1. The molecule has 128 valence electrons. The van der Waals surface area contributed by atoms with E-state index in [-0.39, 0.29) is 17.2 Å². The maximum atomic E-state index is 12.5. The minimum absolute atomic E-state index is 0.0576. The highest BCUT2D eigenvalue weighted by Crippen LogP contribution is 2.39. The van der Waals surface area contributed by atoms with Crippen molar-refractivity contribution < 1.29 is 9.53 Å². The average Bonchev–Trinajstić information content (AvgIpc) is 3.24. The van der Waals surface area contributed by atoms with E-state index in [2.05, 4.69) is 25.2 Å². The van der Waals surface area contributed by atoms with Crippen LogP contribution in [0.3, 0.4) is 0 Å². The molecule has 0 bridgehead atoms. The van der Waals surface area contributed by atoms with Crippen LogP contribution in [0, 0.1) is 0 Å². The molecule has 4 rings (SSSR count). The van der Waals surface area contributed by atoms with E-state index in [1.807, 2.05) is 0 Å². The lowest BCUT2D eigenvalue weighted by atomic mass is 10.3. The van der Waals surface area contributed by atoms with Gasteiger partial charge in [-0.2, -0.15) is 9.97 Å². The maximum Gasteiger partial charge on any atom is 0.302 e. The summed E-state index contributed by atoms with van der Waals surface area (Å²) in [6.07, 6.45) is 1.06. The first kappa shape index (κ1) is 14.9. The molecule has 0 aromatic carbocycles. The Bertz CT molecular complexity index is 861. The number of imidazole rings is 1. The number of nitrogens with two attached hydrogens (primary N) is 1. The Morgan fingerprint density at radius 1 is 1.29 bits per heavy atom. The van der Waals surface area contributed by atoms with Crippen molar-refractivity contribution >= 4 is 23.0 Å². The van der Waals surface area contributed by atoms with E-state index in [0.29, 0.717) is 24.3 Å². The highest BCUT2D eigenvalue weighted by atomic mass is 16.5. The van der Waals surface area contributed by atoms with E-state index in [1.54, 1.807) is 7.05 Å². The van der Waals surface area contributed by atoms with E-state index >= 15 is 0 Å². The Balaban J connectivity index is 1.73. The lowest BCUT2D eigenvalue weighted by Gasteiger charge is -2.26. The predicted octanol–water partition coefficient (Wildman–Crippen LogP) is -1.54. The van der Waals surface area contributed by atoms with Crippen molar-refractivity contribution in [3.63, 3.8) is 0 Å². The van der Waals surface area contributed by atoms with Gasteiger partial charge in [-0.15, -0.1) is 0 Å². The third-order valence-corrected chi connectivity index (χ3v) is 4.54. The minimum atomic E-state index is -1.04. The van der Waals surface area contributed by atoms with Crippen molar-refractivity contribution in [3.05, 3.63) is 10.4 Å². The van der Waals surface area contributed by atoms with Gasteiger partial charge in [-0.05, 0) is 0 Å². The van der Waals surface area contributed by atoms with Crippen molar-refractivity contribution in [2.24, 2.45) is 12.8 Å². The van der Waals surface area contributed by atoms with Crippen LogP contribution in [-0.4, -0.2) is 57.2 Å². The second kappa shape index (κ2) is 5.20. The lowest BCUT2D eigenvalue weighted by molar-refractivity contribution is -0.126. The summed E-state index contributed by atoms with van der Waals surface area (Å²) in [5.74, 6) is 0.0738. The summed E-state index contributed by atoms with van der Waals surface area (Å²) in [6.45, 7) is 3.32. The topological polar surface area (TPSA) is 131 Å². The Morgan fingerprint density at radius 2 is 2.00 bits per heavy atom. The number of primary amides is 1. The number of carbonyl (C=O) groups excluding carboxylic acids is 1. The molecule has 1 aliphatic carbocycles. The molecule has 1 saturated carbocycles. The number of hydrogen-bond acceptors (Lipinski definition) is 7. The van der Waals surface area contributed by atoms with Crippen LogP contribution in [0.4, 0.5) is 5.95 Å². The third-order valence-electron chi connectivity index (χ3n) is 4.54. The molecule has 0 spiro atoms. The molecule has 1 amide bonds. The van der Waals surface area contributed by atoms with Gasteiger partial charge in [-0.1, -0.05) is 0 Å². The molecule has 2 fully saturated rings. The first-order chi connectivity index (χ1) is 11.5. The molecule has 2 aliphatic rings. The Kier molecular flexibility index (Phi) is 3.23. The molecule has 10 nitrogen and oxygen atoms in total.